The van der Waals surface area contributed by atoms with Crippen LogP contribution in [-0.4, -0.2) is 36.9 Å². The Balaban J connectivity index is 1.32. The number of phenols is 1. The van der Waals surface area contributed by atoms with E-state index >= 15 is 0 Å². The van der Waals surface area contributed by atoms with Crippen LogP contribution in [0.25, 0.3) is 10.8 Å². The molecule has 190 valence electrons. The van der Waals surface area contributed by atoms with E-state index in [1.807, 2.05) is 54.6 Å². The van der Waals surface area contributed by atoms with Gasteiger partial charge in [0.25, 0.3) is 5.91 Å². The van der Waals surface area contributed by atoms with Crippen LogP contribution in [0.5, 0.6) is 11.5 Å². The first-order chi connectivity index (χ1) is 17.9. The van der Waals surface area contributed by atoms with E-state index in [9.17, 15) is 9.90 Å². The van der Waals surface area contributed by atoms with Crippen molar-refractivity contribution >= 4 is 57.7 Å². The zero-order chi connectivity index (χ0) is 26.2. The third-order valence-electron chi connectivity index (χ3n) is 5.61. The van der Waals surface area contributed by atoms with E-state index in [4.69, 9.17) is 39.5 Å². The van der Waals surface area contributed by atoms with Gasteiger partial charge in [-0.15, -0.1) is 0 Å². The second-order valence-electron chi connectivity index (χ2n) is 8.16. The number of hydrogen-bond donors (Lipinski definition) is 3. The van der Waals surface area contributed by atoms with Crippen molar-refractivity contribution in [2.24, 2.45) is 5.10 Å². The molecule has 0 aliphatic rings. The number of hydrazone groups is 1. The Morgan fingerprint density at radius 1 is 0.892 bits per heavy atom. The van der Waals surface area contributed by atoms with Crippen LogP contribution in [0.2, 0.25) is 15.1 Å². The van der Waals surface area contributed by atoms with Gasteiger partial charge in [0.2, 0.25) is 0 Å². The lowest BCUT2D eigenvalue weighted by atomic mass is 10.0. The summed E-state index contributed by atoms with van der Waals surface area (Å²) in [6.45, 7) is 1.98. The van der Waals surface area contributed by atoms with Crippen LogP contribution in [0.4, 0.5) is 0 Å². The van der Waals surface area contributed by atoms with Crippen molar-refractivity contribution < 1.29 is 14.6 Å². The lowest BCUT2D eigenvalue weighted by Crippen LogP contribution is -2.23. The lowest BCUT2D eigenvalue weighted by Gasteiger charge is -2.12. The van der Waals surface area contributed by atoms with Gasteiger partial charge >= 0.3 is 0 Å². The summed E-state index contributed by atoms with van der Waals surface area (Å²) in [5.74, 6) is 0.241. The first-order valence-electron chi connectivity index (χ1n) is 11.5. The Morgan fingerprint density at radius 3 is 2.49 bits per heavy atom. The summed E-state index contributed by atoms with van der Waals surface area (Å²) in [6, 6.07) is 21.5. The van der Waals surface area contributed by atoms with E-state index in [2.05, 4.69) is 15.8 Å². The smallest absolute Gasteiger partial charge is 0.271 e. The maximum absolute atomic E-state index is 12.3. The second kappa shape index (κ2) is 12.8. The van der Waals surface area contributed by atoms with E-state index < -0.39 is 5.91 Å². The molecule has 4 aromatic carbocycles. The van der Waals surface area contributed by atoms with E-state index in [-0.39, 0.29) is 10.8 Å². The predicted octanol–water partition coefficient (Wildman–Crippen LogP) is 6.48. The number of carbonyl (C=O) groups excluding carboxylic acids is 1. The molecule has 4 rings (SSSR count). The monoisotopic (exact) mass is 555 g/mol. The number of ether oxygens (including phenoxy) is 1. The van der Waals surface area contributed by atoms with Gasteiger partial charge in [-0.2, -0.15) is 5.10 Å². The first-order valence-corrected chi connectivity index (χ1v) is 12.7. The van der Waals surface area contributed by atoms with Crippen molar-refractivity contribution in [2.45, 2.75) is 6.42 Å². The molecule has 4 aromatic rings. The molecule has 37 heavy (non-hydrogen) atoms. The van der Waals surface area contributed by atoms with Gasteiger partial charge in [0.1, 0.15) is 18.1 Å². The highest BCUT2D eigenvalue weighted by atomic mass is 35.5. The summed E-state index contributed by atoms with van der Waals surface area (Å²) in [5.41, 5.74) is 4.72. The van der Waals surface area contributed by atoms with Crippen LogP contribution >= 0.6 is 34.8 Å². The van der Waals surface area contributed by atoms with Crippen LogP contribution in [0.3, 0.4) is 0 Å². The van der Waals surface area contributed by atoms with Gasteiger partial charge in [0, 0.05) is 23.1 Å². The Kier molecular flexibility index (Phi) is 9.25. The second-order valence-corrected chi connectivity index (χ2v) is 9.38. The number of nitrogens with one attached hydrogen (secondary N) is 2. The molecule has 0 atom stereocenters. The number of nitrogens with zero attached hydrogens (tertiary/aromatic N) is 1. The molecule has 0 fully saturated rings. The fourth-order valence-corrected chi connectivity index (χ4v) is 4.19. The molecule has 0 aliphatic heterocycles. The van der Waals surface area contributed by atoms with Crippen LogP contribution in [0.15, 0.2) is 77.9 Å². The molecule has 0 aromatic heterocycles. The number of amides is 1. The SMILES string of the molecule is O=C(NN=Cc1ccc(OCCNCCc2ccc(Cl)c(Cl)c2)c2ccccc12)c1ccc(O)c(Cl)c1. The standard InChI is InChI=1S/C28H24Cl3N3O3/c29-23-8-5-18(15-24(23)30)11-12-32-13-14-37-27-10-7-20(21-3-1-2-4-22(21)27)17-33-34-28(36)19-6-9-26(35)25(31)16-19/h1-10,15-17,32,35H,11-14H2,(H,34,36). The summed E-state index contributed by atoms with van der Waals surface area (Å²) in [5, 5.41) is 20.1. The number of carbonyl (C=O) groups is 1. The predicted molar refractivity (Wildman–Crippen MR) is 151 cm³/mol. The molecule has 9 heteroatoms. The van der Waals surface area contributed by atoms with Gasteiger partial charge in [-0.3, -0.25) is 4.79 Å². The number of fused-ring (bicyclic) bond motifs is 1. The van der Waals surface area contributed by atoms with Crippen LogP contribution in [0.1, 0.15) is 21.5 Å². The molecule has 1 amide bonds. The molecule has 0 radical (unpaired) electrons. The number of hydrogen-bond acceptors (Lipinski definition) is 5. The van der Waals surface area contributed by atoms with Crippen molar-refractivity contribution in [3.63, 3.8) is 0 Å². The van der Waals surface area contributed by atoms with Crippen molar-refractivity contribution in [3.8, 4) is 11.5 Å². The number of halogens is 3. The normalized spacial score (nSPS) is 11.2. The van der Waals surface area contributed by atoms with Crippen LogP contribution in [0, 0.1) is 0 Å². The number of aromatic hydroxyl groups is 1. The minimum atomic E-state index is -0.436. The Bertz CT molecular complexity index is 1440. The summed E-state index contributed by atoms with van der Waals surface area (Å²) in [4.78, 5) is 12.3. The Morgan fingerprint density at radius 2 is 1.70 bits per heavy atom. The Hall–Kier alpha value is -3.29. The first kappa shape index (κ1) is 26.8. The number of rotatable bonds is 10. The maximum atomic E-state index is 12.3. The van der Waals surface area contributed by atoms with Crippen molar-refractivity contribution in [2.75, 3.05) is 19.7 Å². The zero-order valence-electron chi connectivity index (χ0n) is 19.7. The van der Waals surface area contributed by atoms with E-state index in [1.54, 1.807) is 6.21 Å². The summed E-state index contributed by atoms with van der Waals surface area (Å²) < 4.78 is 6.03. The van der Waals surface area contributed by atoms with E-state index in [0.29, 0.717) is 28.8 Å². The van der Waals surface area contributed by atoms with Crippen LogP contribution in [-0.2, 0) is 6.42 Å². The van der Waals surface area contributed by atoms with E-state index in [0.717, 1.165) is 40.6 Å². The molecule has 3 N–H and O–H groups in total. The molecule has 0 unspecified atom stereocenters. The molecule has 0 heterocycles. The summed E-state index contributed by atoms with van der Waals surface area (Å²) in [7, 11) is 0. The third-order valence-corrected chi connectivity index (χ3v) is 6.65. The fourth-order valence-electron chi connectivity index (χ4n) is 3.69. The van der Waals surface area contributed by atoms with Gasteiger partial charge < -0.3 is 15.2 Å². The molecule has 0 bridgehead atoms. The van der Waals surface area contributed by atoms with E-state index in [1.165, 1.54) is 18.2 Å². The fraction of sp³-hybridized carbons (Fsp3) is 0.143. The summed E-state index contributed by atoms with van der Waals surface area (Å²) in [6.07, 6.45) is 2.42. The van der Waals surface area contributed by atoms with Gasteiger partial charge in [-0.25, -0.2) is 5.43 Å². The highest BCUT2D eigenvalue weighted by Crippen LogP contribution is 2.28. The van der Waals surface area contributed by atoms with Gasteiger partial charge in [0.05, 0.1) is 21.3 Å². The molecule has 0 saturated carbocycles. The largest absolute Gasteiger partial charge is 0.506 e. The highest BCUT2D eigenvalue weighted by molar-refractivity contribution is 6.42. The number of phenolic OH excluding ortho intramolecular Hbond substituents is 1. The lowest BCUT2D eigenvalue weighted by molar-refractivity contribution is 0.0955. The summed E-state index contributed by atoms with van der Waals surface area (Å²) >= 11 is 17.9. The minimum absolute atomic E-state index is 0.0884. The minimum Gasteiger partial charge on any atom is -0.506 e. The topological polar surface area (TPSA) is 83.0 Å². The number of benzene rings is 4. The van der Waals surface area contributed by atoms with Gasteiger partial charge in [0.15, 0.2) is 0 Å². The molecule has 0 spiro atoms. The van der Waals surface area contributed by atoms with Crippen molar-refractivity contribution in [3.05, 3.63) is 105 Å². The van der Waals surface area contributed by atoms with Gasteiger partial charge in [-0.1, -0.05) is 65.1 Å². The Labute approximate surface area is 229 Å². The maximum Gasteiger partial charge on any atom is 0.271 e. The van der Waals surface area contributed by atoms with Crippen LogP contribution < -0.4 is 15.5 Å². The quantitative estimate of drug-likeness (QED) is 0.119. The zero-order valence-corrected chi connectivity index (χ0v) is 21.9. The third kappa shape index (κ3) is 7.14. The van der Waals surface area contributed by atoms with Gasteiger partial charge in [-0.05, 0) is 66.4 Å². The average molecular weight is 557 g/mol. The molecular formula is C28H24Cl3N3O3. The molecule has 0 saturated heterocycles. The molecule has 0 aliphatic carbocycles. The van der Waals surface area contributed by atoms with Crippen molar-refractivity contribution in [1.82, 2.24) is 10.7 Å². The molecular weight excluding hydrogens is 533 g/mol. The molecule has 6 nitrogen and oxygen atoms in total. The highest BCUT2D eigenvalue weighted by Gasteiger charge is 2.09. The van der Waals surface area contributed by atoms with Crippen molar-refractivity contribution in [1.29, 1.82) is 0 Å². The average Bonchev–Trinajstić information content (AvgIpc) is 2.90.